The number of nitrogens with zero attached hydrogens (tertiary/aromatic N) is 1. The Hall–Kier alpha value is -1.75. The number of carbonyl (C=O) groups is 1. The van der Waals surface area contributed by atoms with Crippen LogP contribution in [0.15, 0.2) is 18.2 Å². The number of ether oxygens (including phenoxy) is 2. The summed E-state index contributed by atoms with van der Waals surface area (Å²) in [6.45, 7) is 4.71. The summed E-state index contributed by atoms with van der Waals surface area (Å²) < 4.78 is 10.6. The SMILES string of the molecule is COc1ccc(CCNC(=O)[C@H](C)N2CCCCCC2)cc1OC. The van der Waals surface area contributed by atoms with Gasteiger partial charge in [0.25, 0.3) is 0 Å². The molecule has 24 heavy (non-hydrogen) atoms. The first-order chi connectivity index (χ1) is 11.7. The van der Waals surface area contributed by atoms with E-state index in [4.69, 9.17) is 9.47 Å². The van der Waals surface area contributed by atoms with Crippen molar-refractivity contribution in [2.75, 3.05) is 33.9 Å². The summed E-state index contributed by atoms with van der Waals surface area (Å²) in [4.78, 5) is 14.7. The highest BCUT2D eigenvalue weighted by molar-refractivity contribution is 5.81. The lowest BCUT2D eigenvalue weighted by molar-refractivity contribution is -0.125. The Morgan fingerprint density at radius 1 is 1.12 bits per heavy atom. The normalized spacial score (nSPS) is 17.0. The van der Waals surface area contributed by atoms with Crippen LogP contribution in [0.2, 0.25) is 0 Å². The molecule has 0 spiro atoms. The zero-order chi connectivity index (χ0) is 17.4. The summed E-state index contributed by atoms with van der Waals surface area (Å²) in [7, 11) is 3.26. The molecule has 1 fully saturated rings. The van der Waals surface area contributed by atoms with Crippen LogP contribution in [0.4, 0.5) is 0 Å². The van der Waals surface area contributed by atoms with Gasteiger partial charge in [0.2, 0.25) is 5.91 Å². The van der Waals surface area contributed by atoms with Gasteiger partial charge in [0.05, 0.1) is 20.3 Å². The van der Waals surface area contributed by atoms with Gasteiger partial charge in [-0.15, -0.1) is 0 Å². The zero-order valence-corrected chi connectivity index (χ0v) is 15.1. The molecule has 5 nitrogen and oxygen atoms in total. The average Bonchev–Trinajstić information content (AvgIpc) is 2.90. The fraction of sp³-hybridized carbons (Fsp3) is 0.632. The Kier molecular flexibility index (Phi) is 7.37. The summed E-state index contributed by atoms with van der Waals surface area (Å²) in [5.41, 5.74) is 1.12. The van der Waals surface area contributed by atoms with Gasteiger partial charge in [-0.2, -0.15) is 0 Å². The first-order valence-corrected chi connectivity index (χ1v) is 8.88. The molecule has 0 radical (unpaired) electrons. The van der Waals surface area contributed by atoms with E-state index in [1.54, 1.807) is 14.2 Å². The minimum atomic E-state index is -0.0477. The number of amides is 1. The van der Waals surface area contributed by atoms with E-state index in [-0.39, 0.29) is 11.9 Å². The van der Waals surface area contributed by atoms with E-state index in [0.717, 1.165) is 36.6 Å². The lowest BCUT2D eigenvalue weighted by Gasteiger charge is -2.26. The first kappa shape index (κ1) is 18.6. The molecule has 0 unspecified atom stereocenters. The van der Waals surface area contributed by atoms with E-state index in [2.05, 4.69) is 10.2 Å². The largest absolute Gasteiger partial charge is 0.493 e. The molecule has 1 amide bonds. The number of methoxy groups -OCH3 is 2. The zero-order valence-electron chi connectivity index (χ0n) is 15.1. The highest BCUT2D eigenvalue weighted by Crippen LogP contribution is 2.27. The maximum absolute atomic E-state index is 12.4. The van der Waals surface area contributed by atoms with E-state index in [1.807, 2.05) is 25.1 Å². The van der Waals surface area contributed by atoms with Gasteiger partial charge in [-0.05, 0) is 57.0 Å². The molecule has 0 saturated carbocycles. The molecular formula is C19H30N2O3. The number of benzene rings is 1. The molecule has 134 valence electrons. The van der Waals surface area contributed by atoms with Crippen molar-refractivity contribution >= 4 is 5.91 Å². The molecule has 2 rings (SSSR count). The van der Waals surface area contributed by atoms with Crippen LogP contribution < -0.4 is 14.8 Å². The van der Waals surface area contributed by atoms with Gasteiger partial charge in [-0.3, -0.25) is 9.69 Å². The number of likely N-dealkylation sites (tertiary alicyclic amines) is 1. The fourth-order valence-electron chi connectivity index (χ4n) is 3.16. The third-order valence-corrected chi connectivity index (χ3v) is 4.73. The molecule has 1 saturated heterocycles. The van der Waals surface area contributed by atoms with Crippen LogP contribution in [0.1, 0.15) is 38.2 Å². The van der Waals surface area contributed by atoms with Crippen molar-refractivity contribution in [1.82, 2.24) is 10.2 Å². The Morgan fingerprint density at radius 3 is 2.42 bits per heavy atom. The quantitative estimate of drug-likeness (QED) is 0.833. The van der Waals surface area contributed by atoms with Crippen LogP contribution in [-0.2, 0) is 11.2 Å². The van der Waals surface area contributed by atoms with Gasteiger partial charge in [-0.1, -0.05) is 18.9 Å². The Labute approximate surface area is 145 Å². The third kappa shape index (κ3) is 5.13. The standard InChI is InChI=1S/C19H30N2O3/c1-15(21-12-6-4-5-7-13-21)19(22)20-11-10-16-8-9-17(23-2)18(14-16)24-3/h8-9,14-15H,4-7,10-13H2,1-3H3,(H,20,22)/t15-/m0/s1. The van der Waals surface area contributed by atoms with E-state index >= 15 is 0 Å². The molecule has 1 aromatic carbocycles. The predicted molar refractivity (Wildman–Crippen MR) is 95.8 cm³/mol. The summed E-state index contributed by atoms with van der Waals surface area (Å²) in [6, 6.07) is 5.82. The summed E-state index contributed by atoms with van der Waals surface area (Å²) >= 11 is 0. The highest BCUT2D eigenvalue weighted by Gasteiger charge is 2.21. The molecule has 0 bridgehead atoms. The van der Waals surface area contributed by atoms with E-state index in [9.17, 15) is 4.79 Å². The molecule has 5 heteroatoms. The molecule has 0 aromatic heterocycles. The molecule has 1 aliphatic heterocycles. The van der Waals surface area contributed by atoms with E-state index < -0.39 is 0 Å². The molecule has 1 aromatic rings. The molecule has 1 N–H and O–H groups in total. The lowest BCUT2D eigenvalue weighted by atomic mass is 10.1. The molecule has 0 aliphatic carbocycles. The van der Waals surface area contributed by atoms with Gasteiger partial charge in [0, 0.05) is 6.54 Å². The van der Waals surface area contributed by atoms with Crippen molar-refractivity contribution in [3.63, 3.8) is 0 Å². The second-order valence-electron chi connectivity index (χ2n) is 6.36. The molecular weight excluding hydrogens is 304 g/mol. The third-order valence-electron chi connectivity index (χ3n) is 4.73. The average molecular weight is 334 g/mol. The Balaban J connectivity index is 1.81. The summed E-state index contributed by atoms with van der Waals surface area (Å²) in [6.07, 6.45) is 5.74. The second kappa shape index (κ2) is 9.52. The van der Waals surface area contributed by atoms with Crippen LogP contribution in [0.3, 0.4) is 0 Å². The van der Waals surface area contributed by atoms with Crippen LogP contribution in [0.25, 0.3) is 0 Å². The number of nitrogens with one attached hydrogen (secondary N) is 1. The van der Waals surface area contributed by atoms with E-state index in [1.165, 1.54) is 25.7 Å². The Bertz CT molecular complexity index is 525. The minimum Gasteiger partial charge on any atom is -0.493 e. The minimum absolute atomic E-state index is 0.0477. The number of hydrogen-bond donors (Lipinski definition) is 1. The van der Waals surface area contributed by atoms with Crippen molar-refractivity contribution < 1.29 is 14.3 Å². The van der Waals surface area contributed by atoms with Gasteiger partial charge in [0.15, 0.2) is 11.5 Å². The van der Waals surface area contributed by atoms with Crippen LogP contribution in [0, 0.1) is 0 Å². The van der Waals surface area contributed by atoms with Crippen molar-refractivity contribution in [3.05, 3.63) is 23.8 Å². The molecule has 1 aliphatic rings. The smallest absolute Gasteiger partial charge is 0.237 e. The van der Waals surface area contributed by atoms with Crippen molar-refractivity contribution in [2.45, 2.75) is 45.1 Å². The highest BCUT2D eigenvalue weighted by atomic mass is 16.5. The van der Waals surface area contributed by atoms with Gasteiger partial charge in [0.1, 0.15) is 0 Å². The lowest BCUT2D eigenvalue weighted by Crippen LogP contribution is -2.46. The Morgan fingerprint density at radius 2 is 1.79 bits per heavy atom. The van der Waals surface area contributed by atoms with Gasteiger partial charge < -0.3 is 14.8 Å². The molecule has 1 heterocycles. The second-order valence-corrected chi connectivity index (χ2v) is 6.36. The predicted octanol–water partition coefficient (Wildman–Crippen LogP) is 2.63. The topological polar surface area (TPSA) is 50.8 Å². The summed E-state index contributed by atoms with van der Waals surface area (Å²) in [5, 5.41) is 3.06. The van der Waals surface area contributed by atoms with Gasteiger partial charge >= 0.3 is 0 Å². The monoisotopic (exact) mass is 334 g/mol. The van der Waals surface area contributed by atoms with Crippen molar-refractivity contribution in [2.24, 2.45) is 0 Å². The van der Waals surface area contributed by atoms with Gasteiger partial charge in [-0.25, -0.2) is 0 Å². The molecule has 1 atom stereocenters. The van der Waals surface area contributed by atoms with E-state index in [0.29, 0.717) is 6.54 Å². The van der Waals surface area contributed by atoms with Crippen LogP contribution >= 0.6 is 0 Å². The maximum Gasteiger partial charge on any atom is 0.237 e. The maximum atomic E-state index is 12.4. The number of rotatable bonds is 7. The first-order valence-electron chi connectivity index (χ1n) is 8.88. The van der Waals surface area contributed by atoms with Crippen molar-refractivity contribution in [1.29, 1.82) is 0 Å². The van der Waals surface area contributed by atoms with Crippen molar-refractivity contribution in [3.8, 4) is 11.5 Å². The fourth-order valence-corrected chi connectivity index (χ4v) is 3.16. The number of hydrogen-bond acceptors (Lipinski definition) is 4. The van der Waals surface area contributed by atoms with Crippen LogP contribution in [-0.4, -0.2) is 50.7 Å². The number of carbonyl (C=O) groups excluding carboxylic acids is 1. The van der Waals surface area contributed by atoms with Crippen LogP contribution in [0.5, 0.6) is 11.5 Å². The summed E-state index contributed by atoms with van der Waals surface area (Å²) in [5.74, 6) is 1.57.